The summed E-state index contributed by atoms with van der Waals surface area (Å²) in [6.07, 6.45) is 1.06. The van der Waals surface area contributed by atoms with Gasteiger partial charge < -0.3 is 4.74 Å². The molecule has 1 aliphatic heterocycles. The number of hydrogen-bond donors (Lipinski definition) is 0. The fraction of sp³-hybridized carbons (Fsp3) is 0.188. The van der Waals surface area contributed by atoms with Gasteiger partial charge in [-0.1, -0.05) is 29.3 Å². The lowest BCUT2D eigenvalue weighted by atomic mass is 10.0. The maximum atomic E-state index is 12.4. The van der Waals surface area contributed by atoms with E-state index in [9.17, 15) is 4.79 Å². The molecular formula is C16H12Cl2O2. The van der Waals surface area contributed by atoms with Gasteiger partial charge in [0.1, 0.15) is 5.75 Å². The van der Waals surface area contributed by atoms with Crippen LogP contribution in [0.2, 0.25) is 10.0 Å². The van der Waals surface area contributed by atoms with Crippen LogP contribution < -0.4 is 4.74 Å². The molecule has 0 radical (unpaired) electrons. The van der Waals surface area contributed by atoms with E-state index in [1.165, 1.54) is 0 Å². The van der Waals surface area contributed by atoms with Gasteiger partial charge in [0.15, 0.2) is 5.78 Å². The Bertz CT molecular complexity index is 660. The minimum absolute atomic E-state index is 0.00898. The molecular weight excluding hydrogens is 295 g/mol. The van der Waals surface area contributed by atoms with Gasteiger partial charge in [-0.3, -0.25) is 4.79 Å². The molecule has 1 heterocycles. The SMILES string of the molecule is O=C(Cc1c(Cl)cccc1Cl)c1ccc2c(c1)CCO2. The molecule has 1 aliphatic rings. The molecule has 2 aromatic rings. The molecule has 0 amide bonds. The Labute approximate surface area is 127 Å². The van der Waals surface area contributed by atoms with Crippen molar-refractivity contribution < 1.29 is 9.53 Å². The van der Waals surface area contributed by atoms with Crippen molar-refractivity contribution >= 4 is 29.0 Å². The summed E-state index contributed by atoms with van der Waals surface area (Å²) < 4.78 is 5.44. The van der Waals surface area contributed by atoms with E-state index in [-0.39, 0.29) is 12.2 Å². The highest BCUT2D eigenvalue weighted by Gasteiger charge is 2.17. The van der Waals surface area contributed by atoms with Crippen LogP contribution in [0.1, 0.15) is 21.5 Å². The van der Waals surface area contributed by atoms with Crippen LogP contribution in [0.5, 0.6) is 5.75 Å². The van der Waals surface area contributed by atoms with Gasteiger partial charge in [-0.05, 0) is 41.5 Å². The Morgan fingerprint density at radius 3 is 2.65 bits per heavy atom. The van der Waals surface area contributed by atoms with Crippen molar-refractivity contribution in [2.24, 2.45) is 0 Å². The Morgan fingerprint density at radius 2 is 1.90 bits per heavy atom. The zero-order valence-electron chi connectivity index (χ0n) is 10.7. The lowest BCUT2D eigenvalue weighted by molar-refractivity contribution is 0.0993. The lowest BCUT2D eigenvalue weighted by Crippen LogP contribution is -2.05. The second-order valence-electron chi connectivity index (χ2n) is 4.72. The maximum absolute atomic E-state index is 12.4. The van der Waals surface area contributed by atoms with Gasteiger partial charge in [-0.15, -0.1) is 0 Å². The first kappa shape index (κ1) is 13.5. The van der Waals surface area contributed by atoms with Crippen LogP contribution in [0.3, 0.4) is 0 Å². The number of carbonyl (C=O) groups excluding carboxylic acids is 1. The minimum Gasteiger partial charge on any atom is -0.493 e. The molecule has 0 saturated heterocycles. The molecule has 0 aromatic heterocycles. The van der Waals surface area contributed by atoms with Crippen LogP contribution in [-0.2, 0) is 12.8 Å². The molecule has 2 aromatic carbocycles. The Kier molecular flexibility index (Phi) is 3.68. The van der Waals surface area contributed by atoms with Crippen LogP contribution in [-0.4, -0.2) is 12.4 Å². The molecule has 0 bridgehead atoms. The zero-order chi connectivity index (χ0) is 14.1. The van der Waals surface area contributed by atoms with E-state index in [1.54, 1.807) is 24.3 Å². The summed E-state index contributed by atoms with van der Waals surface area (Å²) in [6.45, 7) is 0.684. The van der Waals surface area contributed by atoms with Gasteiger partial charge in [0, 0.05) is 28.5 Å². The van der Waals surface area contributed by atoms with Crippen molar-refractivity contribution in [2.45, 2.75) is 12.8 Å². The first-order chi connectivity index (χ1) is 9.65. The third-order valence-corrected chi connectivity index (χ3v) is 4.12. The highest BCUT2D eigenvalue weighted by Crippen LogP contribution is 2.28. The lowest BCUT2D eigenvalue weighted by Gasteiger charge is -2.07. The van der Waals surface area contributed by atoms with Crippen molar-refractivity contribution in [1.29, 1.82) is 0 Å². The summed E-state index contributed by atoms with van der Waals surface area (Å²) in [4.78, 5) is 12.4. The van der Waals surface area contributed by atoms with Crippen molar-refractivity contribution in [3.63, 3.8) is 0 Å². The van der Waals surface area contributed by atoms with Gasteiger partial charge in [0.2, 0.25) is 0 Å². The van der Waals surface area contributed by atoms with Crippen LogP contribution in [0.25, 0.3) is 0 Å². The quantitative estimate of drug-likeness (QED) is 0.788. The highest BCUT2D eigenvalue weighted by molar-refractivity contribution is 6.36. The van der Waals surface area contributed by atoms with Crippen LogP contribution in [0.15, 0.2) is 36.4 Å². The van der Waals surface area contributed by atoms with E-state index >= 15 is 0 Å². The Morgan fingerprint density at radius 1 is 1.15 bits per heavy atom. The number of benzene rings is 2. The molecule has 0 N–H and O–H groups in total. The Hall–Kier alpha value is -1.51. The normalized spacial score (nSPS) is 12.9. The number of fused-ring (bicyclic) bond motifs is 1. The van der Waals surface area contributed by atoms with E-state index in [4.69, 9.17) is 27.9 Å². The summed E-state index contributed by atoms with van der Waals surface area (Å²) in [6, 6.07) is 10.8. The summed E-state index contributed by atoms with van der Waals surface area (Å²) in [5, 5.41) is 1.05. The number of Topliss-reactive ketones (excluding diaryl/α,β-unsaturated/α-hetero) is 1. The number of rotatable bonds is 3. The van der Waals surface area contributed by atoms with Crippen LogP contribution in [0.4, 0.5) is 0 Å². The second-order valence-corrected chi connectivity index (χ2v) is 5.54. The molecule has 0 saturated carbocycles. The number of ketones is 1. The molecule has 3 rings (SSSR count). The molecule has 2 nitrogen and oxygen atoms in total. The molecule has 0 aliphatic carbocycles. The average Bonchev–Trinajstić information content (AvgIpc) is 2.90. The van der Waals surface area contributed by atoms with E-state index in [1.807, 2.05) is 12.1 Å². The van der Waals surface area contributed by atoms with Crippen molar-refractivity contribution in [2.75, 3.05) is 6.61 Å². The molecule has 0 unspecified atom stereocenters. The summed E-state index contributed by atoms with van der Waals surface area (Å²) in [5.41, 5.74) is 2.43. The van der Waals surface area contributed by atoms with E-state index in [0.717, 1.165) is 17.7 Å². The van der Waals surface area contributed by atoms with Crippen molar-refractivity contribution in [3.8, 4) is 5.75 Å². The predicted octanol–water partition coefficient (Wildman–Crippen LogP) is 4.35. The van der Waals surface area contributed by atoms with Crippen molar-refractivity contribution in [3.05, 3.63) is 63.1 Å². The summed E-state index contributed by atoms with van der Waals surface area (Å²) >= 11 is 12.2. The topological polar surface area (TPSA) is 26.3 Å². The van der Waals surface area contributed by atoms with Gasteiger partial charge in [-0.2, -0.15) is 0 Å². The summed E-state index contributed by atoms with van der Waals surface area (Å²) in [5.74, 6) is 0.882. The monoisotopic (exact) mass is 306 g/mol. The highest BCUT2D eigenvalue weighted by atomic mass is 35.5. The number of ether oxygens (including phenoxy) is 1. The average molecular weight is 307 g/mol. The third kappa shape index (κ3) is 2.54. The molecule has 0 atom stereocenters. The van der Waals surface area contributed by atoms with Crippen LogP contribution >= 0.6 is 23.2 Å². The molecule has 4 heteroatoms. The smallest absolute Gasteiger partial charge is 0.167 e. The van der Waals surface area contributed by atoms with E-state index < -0.39 is 0 Å². The second kappa shape index (κ2) is 5.47. The third-order valence-electron chi connectivity index (χ3n) is 3.41. The van der Waals surface area contributed by atoms with E-state index in [2.05, 4.69) is 0 Å². The fourth-order valence-corrected chi connectivity index (χ4v) is 2.85. The maximum Gasteiger partial charge on any atom is 0.167 e. The van der Waals surface area contributed by atoms with Crippen LogP contribution in [0, 0.1) is 0 Å². The molecule has 0 spiro atoms. The van der Waals surface area contributed by atoms with Gasteiger partial charge in [0.05, 0.1) is 6.61 Å². The number of hydrogen-bond acceptors (Lipinski definition) is 2. The van der Waals surface area contributed by atoms with Gasteiger partial charge in [-0.25, -0.2) is 0 Å². The Balaban J connectivity index is 1.86. The largest absolute Gasteiger partial charge is 0.493 e. The first-order valence-corrected chi connectivity index (χ1v) is 7.12. The molecule has 0 fully saturated rings. The predicted molar refractivity (Wildman–Crippen MR) is 80.1 cm³/mol. The van der Waals surface area contributed by atoms with Gasteiger partial charge >= 0.3 is 0 Å². The summed E-state index contributed by atoms with van der Waals surface area (Å²) in [7, 11) is 0. The van der Waals surface area contributed by atoms with Gasteiger partial charge in [0.25, 0.3) is 0 Å². The van der Waals surface area contributed by atoms with Crippen molar-refractivity contribution in [1.82, 2.24) is 0 Å². The molecule has 20 heavy (non-hydrogen) atoms. The standard InChI is InChI=1S/C16H12Cl2O2/c17-13-2-1-3-14(18)12(13)9-15(19)10-4-5-16-11(8-10)6-7-20-16/h1-5,8H,6-7,9H2. The number of halogens is 2. The fourth-order valence-electron chi connectivity index (χ4n) is 2.32. The minimum atomic E-state index is 0.00898. The zero-order valence-corrected chi connectivity index (χ0v) is 12.2. The van der Waals surface area contributed by atoms with E-state index in [0.29, 0.717) is 27.8 Å². The number of carbonyl (C=O) groups is 1. The molecule has 102 valence electrons. The first-order valence-electron chi connectivity index (χ1n) is 6.37.